The molecule has 0 spiro atoms. The van der Waals surface area contributed by atoms with E-state index in [1.807, 2.05) is 0 Å². The Morgan fingerprint density at radius 1 is 1.40 bits per heavy atom. The van der Waals surface area contributed by atoms with Crippen LogP contribution in [0.4, 0.5) is 14.5 Å². The minimum Gasteiger partial charge on any atom is -0.394 e. The van der Waals surface area contributed by atoms with Crippen LogP contribution in [-0.2, 0) is 16.6 Å². The maximum atomic E-state index is 13.7. The van der Waals surface area contributed by atoms with Crippen molar-refractivity contribution in [2.75, 3.05) is 5.73 Å². The molecule has 0 radical (unpaired) electrons. The standard InChI is InChI=1S/C10H10F2N4O3S/c1-5-15-8(19-16-5)4-14-20(17,18)7-3-2-6(11)10(13)9(7)12/h2-3,14H,4,13H2,1H3. The van der Waals surface area contributed by atoms with E-state index in [0.29, 0.717) is 5.82 Å². The predicted octanol–water partition coefficient (Wildman–Crippen LogP) is 0.717. The average Bonchev–Trinajstić information content (AvgIpc) is 2.79. The second kappa shape index (κ2) is 5.13. The molecule has 0 saturated heterocycles. The number of nitrogen functional groups attached to an aromatic ring is 1. The van der Waals surface area contributed by atoms with E-state index in [9.17, 15) is 17.2 Å². The highest BCUT2D eigenvalue weighted by atomic mass is 32.2. The van der Waals surface area contributed by atoms with Gasteiger partial charge in [-0.2, -0.15) is 4.98 Å². The lowest BCUT2D eigenvalue weighted by molar-refractivity contribution is 0.372. The first-order valence-corrected chi connectivity index (χ1v) is 6.82. The van der Waals surface area contributed by atoms with Crippen LogP contribution in [0.5, 0.6) is 0 Å². The van der Waals surface area contributed by atoms with E-state index >= 15 is 0 Å². The number of nitrogens with one attached hydrogen (secondary N) is 1. The van der Waals surface area contributed by atoms with Gasteiger partial charge in [-0.25, -0.2) is 21.9 Å². The molecule has 3 N–H and O–H groups in total. The molecule has 0 fully saturated rings. The molecule has 0 aliphatic heterocycles. The third-order valence-electron chi connectivity index (χ3n) is 2.36. The Labute approximate surface area is 112 Å². The Hall–Kier alpha value is -2.07. The molecular formula is C10H10F2N4O3S. The summed E-state index contributed by atoms with van der Waals surface area (Å²) in [4.78, 5) is 3.02. The Morgan fingerprint density at radius 3 is 2.70 bits per heavy atom. The molecule has 0 aliphatic rings. The van der Waals surface area contributed by atoms with Crippen LogP contribution in [0.15, 0.2) is 21.6 Å². The van der Waals surface area contributed by atoms with Crippen LogP contribution in [0.25, 0.3) is 0 Å². The third-order valence-corrected chi connectivity index (χ3v) is 3.78. The molecule has 1 aromatic heterocycles. The van der Waals surface area contributed by atoms with Crippen LogP contribution in [-0.4, -0.2) is 18.6 Å². The normalized spacial score (nSPS) is 11.8. The zero-order chi connectivity index (χ0) is 14.9. The fourth-order valence-electron chi connectivity index (χ4n) is 1.40. The zero-order valence-corrected chi connectivity index (χ0v) is 11.0. The van der Waals surface area contributed by atoms with Gasteiger partial charge in [0, 0.05) is 0 Å². The highest BCUT2D eigenvalue weighted by Crippen LogP contribution is 2.22. The molecule has 20 heavy (non-hydrogen) atoms. The molecule has 0 amide bonds. The van der Waals surface area contributed by atoms with E-state index in [2.05, 4.69) is 14.9 Å². The van der Waals surface area contributed by atoms with Gasteiger partial charge >= 0.3 is 0 Å². The van der Waals surface area contributed by atoms with Crippen molar-refractivity contribution in [2.24, 2.45) is 0 Å². The van der Waals surface area contributed by atoms with Crippen molar-refractivity contribution < 1.29 is 21.7 Å². The van der Waals surface area contributed by atoms with Crippen molar-refractivity contribution in [1.82, 2.24) is 14.9 Å². The monoisotopic (exact) mass is 304 g/mol. The number of benzene rings is 1. The number of aryl methyl sites for hydroxylation is 1. The fourth-order valence-corrected chi connectivity index (χ4v) is 2.47. The lowest BCUT2D eigenvalue weighted by Gasteiger charge is -2.07. The summed E-state index contributed by atoms with van der Waals surface area (Å²) in [5.41, 5.74) is 4.25. The van der Waals surface area contributed by atoms with Gasteiger partial charge in [-0.1, -0.05) is 5.16 Å². The number of hydrogen-bond acceptors (Lipinski definition) is 6. The maximum Gasteiger partial charge on any atom is 0.244 e. The summed E-state index contributed by atoms with van der Waals surface area (Å²) >= 11 is 0. The smallest absolute Gasteiger partial charge is 0.244 e. The van der Waals surface area contributed by atoms with Crippen molar-refractivity contribution in [3.05, 3.63) is 35.5 Å². The summed E-state index contributed by atoms with van der Waals surface area (Å²) in [7, 11) is -4.22. The average molecular weight is 304 g/mol. The summed E-state index contributed by atoms with van der Waals surface area (Å²) in [5.74, 6) is -2.04. The first-order valence-electron chi connectivity index (χ1n) is 5.33. The Bertz CT molecular complexity index is 745. The van der Waals surface area contributed by atoms with Crippen LogP contribution in [0.1, 0.15) is 11.7 Å². The molecule has 108 valence electrons. The number of aromatic nitrogens is 2. The molecule has 7 nitrogen and oxygen atoms in total. The number of anilines is 1. The van der Waals surface area contributed by atoms with Gasteiger partial charge in [0.2, 0.25) is 15.9 Å². The first kappa shape index (κ1) is 14.3. The molecule has 1 aromatic carbocycles. The number of nitrogens with two attached hydrogens (primary N) is 1. The molecule has 0 unspecified atom stereocenters. The molecule has 0 bridgehead atoms. The number of halogens is 2. The van der Waals surface area contributed by atoms with Gasteiger partial charge in [-0.3, -0.25) is 0 Å². The lowest BCUT2D eigenvalue weighted by Crippen LogP contribution is -2.25. The van der Waals surface area contributed by atoms with E-state index in [4.69, 9.17) is 10.3 Å². The number of sulfonamides is 1. The third kappa shape index (κ3) is 2.75. The van der Waals surface area contributed by atoms with Gasteiger partial charge in [-0.05, 0) is 19.1 Å². The van der Waals surface area contributed by atoms with Gasteiger partial charge in [0.15, 0.2) is 11.6 Å². The summed E-state index contributed by atoms with van der Waals surface area (Å²) in [5, 5.41) is 3.47. The van der Waals surface area contributed by atoms with Crippen LogP contribution in [0.2, 0.25) is 0 Å². The second-order valence-electron chi connectivity index (χ2n) is 3.83. The Balaban J connectivity index is 2.25. The van der Waals surface area contributed by atoms with E-state index in [-0.39, 0.29) is 12.4 Å². The topological polar surface area (TPSA) is 111 Å². The summed E-state index contributed by atoms with van der Waals surface area (Å²) in [6.45, 7) is 1.24. The summed E-state index contributed by atoms with van der Waals surface area (Å²) in [6.07, 6.45) is 0. The predicted molar refractivity (Wildman–Crippen MR) is 63.8 cm³/mol. The molecule has 2 aromatic rings. The van der Waals surface area contributed by atoms with Crippen LogP contribution < -0.4 is 10.5 Å². The highest BCUT2D eigenvalue weighted by molar-refractivity contribution is 7.89. The van der Waals surface area contributed by atoms with E-state index in [1.165, 1.54) is 0 Å². The first-order chi connectivity index (χ1) is 9.31. The van der Waals surface area contributed by atoms with Crippen LogP contribution in [0.3, 0.4) is 0 Å². The van der Waals surface area contributed by atoms with Gasteiger partial charge in [-0.15, -0.1) is 0 Å². The molecule has 1 heterocycles. The summed E-state index contributed by atoms with van der Waals surface area (Å²) in [6, 6.07) is 1.55. The SMILES string of the molecule is Cc1noc(CNS(=O)(=O)c2ccc(F)c(N)c2F)n1. The number of rotatable bonds is 4. The minimum absolute atomic E-state index is 0.0153. The van der Waals surface area contributed by atoms with Crippen LogP contribution in [0, 0.1) is 18.6 Å². The van der Waals surface area contributed by atoms with Gasteiger partial charge in [0.05, 0.1) is 6.54 Å². The number of hydrogen-bond donors (Lipinski definition) is 2. The van der Waals surface area contributed by atoms with Crippen molar-refractivity contribution >= 4 is 15.7 Å². The minimum atomic E-state index is -4.22. The van der Waals surface area contributed by atoms with Crippen molar-refractivity contribution in [1.29, 1.82) is 0 Å². The number of nitrogens with zero attached hydrogens (tertiary/aromatic N) is 2. The lowest BCUT2D eigenvalue weighted by atomic mass is 10.3. The van der Waals surface area contributed by atoms with Crippen molar-refractivity contribution in [3.8, 4) is 0 Å². The second-order valence-corrected chi connectivity index (χ2v) is 5.57. The fraction of sp³-hybridized carbons (Fsp3) is 0.200. The van der Waals surface area contributed by atoms with E-state index in [0.717, 1.165) is 12.1 Å². The van der Waals surface area contributed by atoms with Gasteiger partial charge in [0.1, 0.15) is 16.4 Å². The zero-order valence-electron chi connectivity index (χ0n) is 10.2. The van der Waals surface area contributed by atoms with Crippen molar-refractivity contribution in [2.45, 2.75) is 18.4 Å². The molecule has 2 rings (SSSR count). The molecule has 0 saturated carbocycles. The van der Waals surface area contributed by atoms with Gasteiger partial charge < -0.3 is 10.3 Å². The quantitative estimate of drug-likeness (QED) is 0.805. The maximum absolute atomic E-state index is 13.7. The largest absolute Gasteiger partial charge is 0.394 e. The van der Waals surface area contributed by atoms with Crippen molar-refractivity contribution in [3.63, 3.8) is 0 Å². The summed E-state index contributed by atoms with van der Waals surface area (Å²) < 4.78 is 57.1. The van der Waals surface area contributed by atoms with E-state index < -0.39 is 32.2 Å². The Morgan fingerprint density at radius 2 is 2.10 bits per heavy atom. The van der Waals surface area contributed by atoms with Crippen LogP contribution >= 0.6 is 0 Å². The molecule has 10 heteroatoms. The highest BCUT2D eigenvalue weighted by Gasteiger charge is 2.23. The van der Waals surface area contributed by atoms with E-state index in [1.54, 1.807) is 6.92 Å². The molecular weight excluding hydrogens is 294 g/mol. The van der Waals surface area contributed by atoms with Gasteiger partial charge in [0.25, 0.3) is 0 Å². The molecule has 0 atom stereocenters. The molecule has 0 aliphatic carbocycles. The Kier molecular flexibility index (Phi) is 3.68.